The predicted octanol–water partition coefficient (Wildman–Crippen LogP) is 0.861. The number of hydrogen-bond acceptors (Lipinski definition) is 6. The van der Waals surface area contributed by atoms with Crippen LogP contribution in [0, 0.1) is 0 Å². The van der Waals surface area contributed by atoms with E-state index in [1.54, 1.807) is 12.3 Å². The van der Waals surface area contributed by atoms with Crippen molar-refractivity contribution >= 4 is 0 Å². The highest BCUT2D eigenvalue weighted by Crippen LogP contribution is 2.23. The van der Waals surface area contributed by atoms with Crippen molar-refractivity contribution in [2.75, 3.05) is 13.2 Å². The minimum Gasteiger partial charge on any atom is -0.468 e. The zero-order valence-electron chi connectivity index (χ0n) is 10.5. The number of nitrogens with one attached hydrogen (secondary N) is 1. The van der Waals surface area contributed by atoms with Crippen LogP contribution < -0.4 is 5.32 Å². The van der Waals surface area contributed by atoms with E-state index >= 15 is 0 Å². The second-order valence-corrected chi connectivity index (χ2v) is 4.83. The summed E-state index contributed by atoms with van der Waals surface area (Å²) in [5.74, 6) is 1.37. The Morgan fingerprint density at radius 3 is 2.84 bits per heavy atom. The highest BCUT2D eigenvalue weighted by atomic mass is 16.5. The van der Waals surface area contributed by atoms with E-state index < -0.39 is 0 Å². The fourth-order valence-corrected chi connectivity index (χ4v) is 2.16. The van der Waals surface area contributed by atoms with E-state index in [-0.39, 0.29) is 12.1 Å². The smallest absolute Gasteiger partial charge is 0.162 e. The predicted molar refractivity (Wildman–Crippen MR) is 65.2 cm³/mol. The van der Waals surface area contributed by atoms with Crippen molar-refractivity contribution in [2.45, 2.75) is 25.1 Å². The first-order chi connectivity index (χ1) is 9.30. The number of nitrogens with zero attached hydrogens (tertiary/aromatic N) is 1. The van der Waals surface area contributed by atoms with E-state index in [2.05, 4.69) is 10.5 Å². The van der Waals surface area contributed by atoms with Crippen molar-refractivity contribution in [1.82, 2.24) is 10.5 Å². The van der Waals surface area contributed by atoms with Crippen LogP contribution >= 0.6 is 0 Å². The van der Waals surface area contributed by atoms with Gasteiger partial charge in [0.1, 0.15) is 12.4 Å². The van der Waals surface area contributed by atoms with Crippen LogP contribution in [0.15, 0.2) is 33.4 Å². The second-order valence-electron chi connectivity index (χ2n) is 4.83. The number of aliphatic hydroxyl groups is 1. The van der Waals surface area contributed by atoms with Crippen molar-refractivity contribution in [2.24, 2.45) is 0 Å². The fourth-order valence-electron chi connectivity index (χ4n) is 2.16. The van der Waals surface area contributed by atoms with Gasteiger partial charge in [0.15, 0.2) is 5.76 Å². The van der Waals surface area contributed by atoms with Gasteiger partial charge in [0.2, 0.25) is 0 Å². The molecule has 0 unspecified atom stereocenters. The van der Waals surface area contributed by atoms with Gasteiger partial charge in [-0.1, -0.05) is 5.16 Å². The van der Waals surface area contributed by atoms with Gasteiger partial charge < -0.3 is 18.8 Å². The fraction of sp³-hybridized carbons (Fsp3) is 0.462. The average molecular weight is 264 g/mol. The van der Waals surface area contributed by atoms with Crippen LogP contribution in [0.2, 0.25) is 0 Å². The monoisotopic (exact) mass is 264 g/mol. The molecule has 1 aliphatic rings. The highest BCUT2D eigenvalue weighted by molar-refractivity contribution is 5.12. The Kier molecular flexibility index (Phi) is 3.37. The Morgan fingerprint density at radius 1 is 1.37 bits per heavy atom. The summed E-state index contributed by atoms with van der Waals surface area (Å²) in [7, 11) is 0. The van der Waals surface area contributed by atoms with Crippen LogP contribution in [0.4, 0.5) is 0 Å². The molecule has 0 bridgehead atoms. The molecule has 1 saturated heterocycles. The lowest BCUT2D eigenvalue weighted by Gasteiger charge is -2.41. The SMILES string of the molecule is OCc1cc(CC2(NCc3ccco3)COC2)no1. The number of aliphatic hydroxyl groups excluding tert-OH is 1. The molecule has 6 heteroatoms. The number of rotatable bonds is 6. The van der Waals surface area contributed by atoms with Crippen LogP contribution in [0.25, 0.3) is 0 Å². The molecule has 0 saturated carbocycles. The van der Waals surface area contributed by atoms with Crippen molar-refractivity contribution in [3.63, 3.8) is 0 Å². The van der Waals surface area contributed by atoms with Gasteiger partial charge in [-0.05, 0) is 12.1 Å². The van der Waals surface area contributed by atoms with E-state index in [9.17, 15) is 0 Å². The Labute approximate surface area is 110 Å². The maximum absolute atomic E-state index is 8.96. The van der Waals surface area contributed by atoms with Crippen LogP contribution in [0.5, 0.6) is 0 Å². The molecule has 0 amide bonds. The van der Waals surface area contributed by atoms with Gasteiger partial charge in [-0.25, -0.2) is 0 Å². The van der Waals surface area contributed by atoms with Crippen LogP contribution in [0.3, 0.4) is 0 Å². The van der Waals surface area contributed by atoms with Gasteiger partial charge in [-0.2, -0.15) is 0 Å². The van der Waals surface area contributed by atoms with Gasteiger partial charge in [0.25, 0.3) is 0 Å². The number of ether oxygens (including phenoxy) is 1. The summed E-state index contributed by atoms with van der Waals surface area (Å²) in [6.45, 7) is 1.79. The Hall–Kier alpha value is -1.63. The number of aromatic nitrogens is 1. The van der Waals surface area contributed by atoms with Gasteiger partial charge in [0, 0.05) is 12.5 Å². The molecule has 2 N–H and O–H groups in total. The molecule has 0 spiro atoms. The lowest BCUT2D eigenvalue weighted by atomic mass is 9.91. The first kappa shape index (κ1) is 12.4. The van der Waals surface area contributed by atoms with Crippen LogP contribution in [0.1, 0.15) is 17.2 Å². The number of hydrogen-bond donors (Lipinski definition) is 2. The molecule has 2 aromatic rings. The topological polar surface area (TPSA) is 80.7 Å². The van der Waals surface area contributed by atoms with Crippen molar-refractivity contribution < 1.29 is 18.8 Å². The summed E-state index contributed by atoms with van der Waals surface area (Å²) in [6, 6.07) is 5.57. The minimum absolute atomic E-state index is 0.129. The van der Waals surface area contributed by atoms with E-state index in [1.807, 2.05) is 12.1 Å². The van der Waals surface area contributed by atoms with E-state index in [1.165, 1.54) is 0 Å². The summed E-state index contributed by atoms with van der Waals surface area (Å²) in [4.78, 5) is 0. The Balaban J connectivity index is 1.62. The summed E-state index contributed by atoms with van der Waals surface area (Å²) in [5.41, 5.74) is 0.690. The molecule has 0 atom stereocenters. The third-order valence-corrected chi connectivity index (χ3v) is 3.26. The second kappa shape index (κ2) is 5.16. The molecule has 1 aliphatic heterocycles. The van der Waals surface area contributed by atoms with Crippen LogP contribution in [-0.4, -0.2) is 29.0 Å². The normalized spacial score (nSPS) is 17.3. The molecule has 1 fully saturated rings. The third-order valence-electron chi connectivity index (χ3n) is 3.26. The first-order valence-corrected chi connectivity index (χ1v) is 6.20. The maximum Gasteiger partial charge on any atom is 0.162 e. The van der Waals surface area contributed by atoms with Crippen molar-refractivity contribution in [3.8, 4) is 0 Å². The molecule has 0 aliphatic carbocycles. The maximum atomic E-state index is 8.96. The lowest BCUT2D eigenvalue weighted by molar-refractivity contribution is -0.0761. The van der Waals surface area contributed by atoms with Gasteiger partial charge in [-0.15, -0.1) is 0 Å². The lowest BCUT2D eigenvalue weighted by Crippen LogP contribution is -2.61. The molecular weight excluding hydrogens is 248 g/mol. The summed E-state index contributed by atoms with van der Waals surface area (Å²) in [5, 5.41) is 16.4. The van der Waals surface area contributed by atoms with E-state index in [4.69, 9.17) is 18.8 Å². The molecule has 2 aromatic heterocycles. The molecular formula is C13H16N2O4. The van der Waals surface area contributed by atoms with Crippen molar-refractivity contribution in [1.29, 1.82) is 0 Å². The van der Waals surface area contributed by atoms with Gasteiger partial charge >= 0.3 is 0 Å². The standard InChI is InChI=1S/C13H16N2O4/c16-7-12-4-10(15-19-12)5-13(8-17-9-13)14-6-11-2-1-3-18-11/h1-4,14,16H,5-9H2. The summed E-state index contributed by atoms with van der Waals surface area (Å²) < 4.78 is 15.6. The molecule has 6 nitrogen and oxygen atoms in total. The Morgan fingerprint density at radius 2 is 2.26 bits per heavy atom. The molecule has 0 radical (unpaired) electrons. The van der Waals surface area contributed by atoms with Crippen LogP contribution in [-0.2, 0) is 24.3 Å². The van der Waals surface area contributed by atoms with Crippen molar-refractivity contribution in [3.05, 3.63) is 41.7 Å². The minimum atomic E-state index is -0.129. The molecule has 19 heavy (non-hydrogen) atoms. The molecule has 3 heterocycles. The Bertz CT molecular complexity index is 516. The highest BCUT2D eigenvalue weighted by Gasteiger charge is 2.39. The zero-order valence-corrected chi connectivity index (χ0v) is 10.5. The van der Waals surface area contributed by atoms with Gasteiger partial charge in [-0.3, -0.25) is 5.32 Å². The summed E-state index contributed by atoms with van der Waals surface area (Å²) in [6.07, 6.45) is 2.36. The summed E-state index contributed by atoms with van der Waals surface area (Å²) >= 11 is 0. The van der Waals surface area contributed by atoms with E-state index in [0.29, 0.717) is 31.9 Å². The van der Waals surface area contributed by atoms with E-state index in [0.717, 1.165) is 11.5 Å². The molecule has 3 rings (SSSR count). The zero-order chi connectivity index (χ0) is 13.1. The number of furan rings is 1. The third kappa shape index (κ3) is 2.70. The average Bonchev–Trinajstić information content (AvgIpc) is 3.03. The first-order valence-electron chi connectivity index (χ1n) is 6.20. The molecule has 102 valence electrons. The quantitative estimate of drug-likeness (QED) is 0.805. The molecule has 0 aromatic carbocycles. The largest absolute Gasteiger partial charge is 0.468 e. The van der Waals surface area contributed by atoms with Gasteiger partial charge in [0.05, 0.1) is 37.3 Å².